The van der Waals surface area contributed by atoms with Gasteiger partial charge in [-0.2, -0.15) is 8.42 Å². The van der Waals surface area contributed by atoms with Crippen molar-refractivity contribution in [1.82, 2.24) is 0 Å². The maximum Gasteiger partial charge on any atom is 0.267 e. The number of hydrogen-bond donors (Lipinski definition) is 0. The Balaban J connectivity index is 3.22. The zero-order valence-corrected chi connectivity index (χ0v) is 9.48. The Labute approximate surface area is 85.8 Å². The van der Waals surface area contributed by atoms with Crippen LogP contribution < -0.4 is 0 Å². The van der Waals surface area contributed by atoms with E-state index in [2.05, 4.69) is 4.18 Å². The lowest BCUT2D eigenvalue weighted by Gasteiger charge is -2.01. The maximum atomic E-state index is 11.7. The van der Waals surface area contributed by atoms with Gasteiger partial charge in [-0.05, 0) is 12.8 Å². The predicted octanol–water partition coefficient (Wildman–Crippen LogP) is 2.27. The molecule has 0 amide bonds. The van der Waals surface area contributed by atoms with Gasteiger partial charge >= 0.3 is 0 Å². The molecule has 0 spiro atoms. The third kappa shape index (κ3) is 8.44. The average molecular weight is 226 g/mol. The van der Waals surface area contributed by atoms with Crippen molar-refractivity contribution in [3.8, 4) is 0 Å². The van der Waals surface area contributed by atoms with Crippen LogP contribution in [0.1, 0.15) is 38.5 Å². The molecule has 0 heterocycles. The van der Waals surface area contributed by atoms with E-state index in [0.717, 1.165) is 25.7 Å². The van der Waals surface area contributed by atoms with E-state index < -0.39 is 10.1 Å². The summed E-state index contributed by atoms with van der Waals surface area (Å²) >= 11 is 0. The third-order valence-corrected chi connectivity index (χ3v) is 3.33. The molecule has 0 atom stereocenters. The second-order valence-electron chi connectivity index (χ2n) is 3.24. The summed E-state index contributed by atoms with van der Waals surface area (Å²) in [5.74, 6) is 0.0899. The van der Waals surface area contributed by atoms with Gasteiger partial charge in [-0.3, -0.25) is 8.57 Å². The molecule has 14 heavy (non-hydrogen) atoms. The summed E-state index contributed by atoms with van der Waals surface area (Å²) in [7, 11) is -2.10. The van der Waals surface area contributed by atoms with E-state index >= 15 is 0 Å². The van der Waals surface area contributed by atoms with Crippen LogP contribution in [0.4, 0.5) is 4.39 Å². The van der Waals surface area contributed by atoms with Crippen LogP contribution in [0, 0.1) is 0 Å². The van der Waals surface area contributed by atoms with Gasteiger partial charge in [0.25, 0.3) is 10.1 Å². The van der Waals surface area contributed by atoms with Crippen molar-refractivity contribution in [3.63, 3.8) is 0 Å². The van der Waals surface area contributed by atoms with Gasteiger partial charge in [0.15, 0.2) is 0 Å². The number of rotatable bonds is 9. The molecule has 0 aliphatic heterocycles. The summed E-state index contributed by atoms with van der Waals surface area (Å²) in [6.45, 7) is -0.252. The van der Waals surface area contributed by atoms with Gasteiger partial charge in [-0.15, -0.1) is 0 Å². The van der Waals surface area contributed by atoms with Crippen molar-refractivity contribution in [2.75, 3.05) is 19.5 Å². The second kappa shape index (κ2) is 8.17. The Bertz CT molecular complexity index is 214. The molecule has 0 aromatic carbocycles. The van der Waals surface area contributed by atoms with Gasteiger partial charge in [-0.25, -0.2) is 0 Å². The highest BCUT2D eigenvalue weighted by atomic mass is 32.2. The molecular formula is C9H19FO3S. The lowest BCUT2D eigenvalue weighted by molar-refractivity contribution is 0.395. The van der Waals surface area contributed by atoms with Crippen LogP contribution in [0.3, 0.4) is 0 Å². The largest absolute Gasteiger partial charge is 0.273 e. The molecule has 0 aromatic rings. The molecule has 0 N–H and O–H groups in total. The fourth-order valence-corrected chi connectivity index (χ4v) is 1.89. The highest BCUT2D eigenvalue weighted by Gasteiger charge is 2.06. The van der Waals surface area contributed by atoms with Crippen molar-refractivity contribution >= 4 is 10.1 Å². The minimum Gasteiger partial charge on any atom is -0.273 e. The Morgan fingerprint density at radius 2 is 1.50 bits per heavy atom. The van der Waals surface area contributed by atoms with E-state index in [-0.39, 0.29) is 12.4 Å². The number of alkyl halides is 1. The predicted molar refractivity (Wildman–Crippen MR) is 54.5 cm³/mol. The second-order valence-corrected chi connectivity index (χ2v) is 5.10. The Morgan fingerprint density at radius 3 is 2.00 bits per heavy atom. The average Bonchev–Trinajstić information content (AvgIpc) is 2.16. The smallest absolute Gasteiger partial charge is 0.267 e. The van der Waals surface area contributed by atoms with Gasteiger partial charge in [-0.1, -0.05) is 25.7 Å². The molecule has 0 aromatic heterocycles. The standard InChI is InChI=1S/C9H19FO3S/c1-13-14(11,12)9-7-5-3-2-4-6-8-10/h2-9H2,1H3. The number of unbranched alkanes of at least 4 members (excludes halogenated alkanes) is 5. The summed E-state index contributed by atoms with van der Waals surface area (Å²) in [6.07, 6.45) is 4.97. The molecular weight excluding hydrogens is 207 g/mol. The van der Waals surface area contributed by atoms with Crippen molar-refractivity contribution in [1.29, 1.82) is 0 Å². The van der Waals surface area contributed by atoms with Crippen LogP contribution in [0.2, 0.25) is 0 Å². The summed E-state index contributed by atoms with van der Waals surface area (Å²) < 4.78 is 37.7. The van der Waals surface area contributed by atoms with Crippen LogP contribution >= 0.6 is 0 Å². The van der Waals surface area contributed by atoms with E-state index in [0.29, 0.717) is 12.8 Å². The van der Waals surface area contributed by atoms with Gasteiger partial charge in [0.1, 0.15) is 0 Å². The van der Waals surface area contributed by atoms with Crippen LogP contribution in [-0.2, 0) is 14.3 Å². The summed E-state index contributed by atoms with van der Waals surface area (Å²) in [4.78, 5) is 0. The lowest BCUT2D eigenvalue weighted by Crippen LogP contribution is -2.07. The molecule has 3 nitrogen and oxygen atoms in total. The van der Waals surface area contributed by atoms with Crippen molar-refractivity contribution in [2.45, 2.75) is 38.5 Å². The molecule has 0 aliphatic carbocycles. The highest BCUT2D eigenvalue weighted by Crippen LogP contribution is 2.07. The molecule has 86 valence electrons. The molecule has 0 saturated carbocycles. The van der Waals surface area contributed by atoms with Crippen molar-refractivity contribution in [3.05, 3.63) is 0 Å². The quantitative estimate of drug-likeness (QED) is 0.447. The van der Waals surface area contributed by atoms with E-state index in [1.807, 2.05) is 0 Å². The van der Waals surface area contributed by atoms with E-state index in [4.69, 9.17) is 0 Å². The van der Waals surface area contributed by atoms with Crippen LogP contribution in [0.15, 0.2) is 0 Å². The fourth-order valence-electron chi connectivity index (χ4n) is 1.16. The molecule has 0 unspecified atom stereocenters. The van der Waals surface area contributed by atoms with Gasteiger partial charge in [0, 0.05) is 0 Å². The summed E-state index contributed by atoms with van der Waals surface area (Å²) in [6, 6.07) is 0. The van der Waals surface area contributed by atoms with Crippen LogP contribution in [-0.4, -0.2) is 28.0 Å². The molecule has 0 rings (SSSR count). The molecule has 0 bridgehead atoms. The minimum atomic E-state index is -3.28. The van der Waals surface area contributed by atoms with E-state index in [1.54, 1.807) is 0 Å². The summed E-state index contributed by atoms with van der Waals surface area (Å²) in [5.41, 5.74) is 0. The van der Waals surface area contributed by atoms with Crippen molar-refractivity contribution in [2.24, 2.45) is 0 Å². The van der Waals surface area contributed by atoms with Crippen molar-refractivity contribution < 1.29 is 17.0 Å². The normalized spacial score (nSPS) is 11.9. The maximum absolute atomic E-state index is 11.7. The Kier molecular flexibility index (Phi) is 8.08. The first-order valence-corrected chi connectivity index (χ1v) is 6.54. The summed E-state index contributed by atoms with van der Waals surface area (Å²) in [5, 5.41) is 0. The number of halogens is 1. The molecule has 0 saturated heterocycles. The third-order valence-electron chi connectivity index (χ3n) is 2.03. The minimum absolute atomic E-state index is 0.0899. The van der Waals surface area contributed by atoms with Crippen LogP contribution in [0.5, 0.6) is 0 Å². The Hall–Kier alpha value is -0.160. The lowest BCUT2D eigenvalue weighted by atomic mass is 10.1. The first-order valence-electron chi connectivity index (χ1n) is 4.96. The zero-order valence-electron chi connectivity index (χ0n) is 8.67. The van der Waals surface area contributed by atoms with Gasteiger partial charge < -0.3 is 0 Å². The molecule has 5 heteroatoms. The van der Waals surface area contributed by atoms with Crippen LogP contribution in [0.25, 0.3) is 0 Å². The fraction of sp³-hybridized carbons (Fsp3) is 1.00. The first-order chi connectivity index (χ1) is 6.62. The van der Waals surface area contributed by atoms with Gasteiger partial charge in [0.2, 0.25) is 0 Å². The monoisotopic (exact) mass is 226 g/mol. The zero-order chi connectivity index (χ0) is 10.9. The SMILES string of the molecule is COS(=O)(=O)CCCCCCCCF. The number of hydrogen-bond acceptors (Lipinski definition) is 3. The molecule has 0 radical (unpaired) electrons. The highest BCUT2D eigenvalue weighted by molar-refractivity contribution is 7.86. The molecule has 0 aliphatic rings. The topological polar surface area (TPSA) is 43.4 Å². The molecule has 0 fully saturated rings. The van der Waals surface area contributed by atoms with E-state index in [9.17, 15) is 12.8 Å². The first kappa shape index (κ1) is 13.8. The van der Waals surface area contributed by atoms with E-state index in [1.165, 1.54) is 7.11 Å². The van der Waals surface area contributed by atoms with Gasteiger partial charge in [0.05, 0.1) is 19.5 Å². The Morgan fingerprint density at radius 1 is 1.00 bits per heavy atom.